The number of aliphatic hydroxyl groups is 2. The number of hydrogen-bond donors (Lipinski definition) is 4. The van der Waals surface area contributed by atoms with Crippen LogP contribution in [0.15, 0.2) is 30.3 Å². The molecule has 0 spiro atoms. The van der Waals surface area contributed by atoms with Crippen LogP contribution in [0.2, 0.25) is 0 Å². The zero-order chi connectivity index (χ0) is 22.5. The maximum atomic E-state index is 10.2. The summed E-state index contributed by atoms with van der Waals surface area (Å²) in [5.41, 5.74) is 0.331. The van der Waals surface area contributed by atoms with Crippen molar-refractivity contribution in [3.8, 4) is 0 Å². The number of carboxylic acids is 2. The number of carboxylic acid groups (broad SMARTS) is 2. The summed E-state index contributed by atoms with van der Waals surface area (Å²) in [6.07, 6.45) is 6.64. The first kappa shape index (κ1) is 29.2. The average molecular weight is 415 g/mol. The van der Waals surface area contributed by atoms with Crippen LogP contribution in [0.5, 0.6) is 0 Å². The van der Waals surface area contributed by atoms with Crippen molar-refractivity contribution in [2.24, 2.45) is 0 Å². The molecular weight excluding hydrogens is 376 g/mol. The average Bonchev–Trinajstić information content (AvgIpc) is 2.70. The number of rotatable bonds is 12. The number of aliphatic hydroxyl groups excluding tert-OH is 2. The van der Waals surface area contributed by atoms with E-state index in [2.05, 4.69) is 6.92 Å². The zero-order valence-corrected chi connectivity index (χ0v) is 17.9. The second-order valence-electron chi connectivity index (χ2n) is 6.76. The lowest BCUT2D eigenvalue weighted by atomic mass is 10.1. The van der Waals surface area contributed by atoms with Gasteiger partial charge in [-0.3, -0.25) is 4.79 Å². The molecule has 7 heteroatoms. The van der Waals surface area contributed by atoms with Crippen molar-refractivity contribution in [1.82, 2.24) is 0 Å². The Hall–Kier alpha value is -1.96. The summed E-state index contributed by atoms with van der Waals surface area (Å²) >= 11 is 0. The minimum atomic E-state index is -0.879. The minimum absolute atomic E-state index is 0.00667. The predicted molar refractivity (Wildman–Crippen MR) is 113 cm³/mol. The lowest BCUT2D eigenvalue weighted by Gasteiger charge is -2.10. The van der Waals surface area contributed by atoms with Crippen LogP contribution in [0.3, 0.4) is 0 Å². The third-order valence-corrected chi connectivity index (χ3v) is 3.64. The number of hydrogen-bond acceptors (Lipinski definition) is 5. The summed E-state index contributed by atoms with van der Waals surface area (Å²) in [6.45, 7) is 5.87. The molecule has 0 heterocycles. The lowest BCUT2D eigenvalue weighted by Crippen LogP contribution is -2.19. The van der Waals surface area contributed by atoms with E-state index in [0.717, 1.165) is 12.8 Å². The Morgan fingerprint density at radius 1 is 0.966 bits per heavy atom. The van der Waals surface area contributed by atoms with Crippen molar-refractivity contribution in [2.75, 3.05) is 13.2 Å². The molecule has 0 fully saturated rings. The SMILES string of the molecule is CC(O)COC(C)CO.CCCCCCCCC(=O)O.O=C(O)c1ccccc1. The summed E-state index contributed by atoms with van der Waals surface area (Å²) in [7, 11) is 0. The largest absolute Gasteiger partial charge is 0.481 e. The molecule has 1 aromatic carbocycles. The van der Waals surface area contributed by atoms with Gasteiger partial charge in [0.2, 0.25) is 0 Å². The van der Waals surface area contributed by atoms with Crippen molar-refractivity contribution >= 4 is 11.9 Å². The molecule has 0 saturated heterocycles. The fourth-order valence-electron chi connectivity index (χ4n) is 1.99. The molecule has 0 aromatic heterocycles. The quantitative estimate of drug-likeness (QED) is 0.381. The van der Waals surface area contributed by atoms with E-state index in [4.69, 9.17) is 25.2 Å². The Morgan fingerprint density at radius 2 is 1.52 bits per heavy atom. The van der Waals surface area contributed by atoms with Crippen LogP contribution in [0.25, 0.3) is 0 Å². The van der Waals surface area contributed by atoms with Gasteiger partial charge in [0.05, 0.1) is 31.0 Å². The predicted octanol–water partition coefficient (Wildman–Crippen LogP) is 3.97. The maximum absolute atomic E-state index is 10.2. The standard InChI is InChI=1S/C9H18O2.C7H6O2.C6H14O3/c1-2-3-4-5-6-7-8-9(10)11;8-7(9)6-4-2-1-3-5-6;1-5(8)4-9-6(2)3-7/h2-8H2,1H3,(H,10,11);1-5H,(H,8,9);5-8H,3-4H2,1-2H3. The number of benzene rings is 1. The maximum Gasteiger partial charge on any atom is 0.335 e. The molecule has 4 N–H and O–H groups in total. The van der Waals surface area contributed by atoms with Gasteiger partial charge in [0, 0.05) is 6.42 Å². The van der Waals surface area contributed by atoms with Crippen LogP contribution in [0.1, 0.15) is 76.1 Å². The second kappa shape index (κ2) is 20.8. The van der Waals surface area contributed by atoms with E-state index in [-0.39, 0.29) is 12.7 Å². The molecule has 2 unspecified atom stereocenters. The van der Waals surface area contributed by atoms with E-state index in [1.54, 1.807) is 44.2 Å². The molecule has 2 atom stereocenters. The first-order valence-corrected chi connectivity index (χ1v) is 10.1. The molecule has 0 radical (unpaired) electrons. The molecule has 1 aromatic rings. The monoisotopic (exact) mass is 414 g/mol. The van der Waals surface area contributed by atoms with E-state index >= 15 is 0 Å². The van der Waals surface area contributed by atoms with Gasteiger partial charge in [-0.1, -0.05) is 57.2 Å². The highest BCUT2D eigenvalue weighted by atomic mass is 16.5. The molecule has 168 valence electrons. The van der Waals surface area contributed by atoms with Crippen LogP contribution < -0.4 is 0 Å². The fraction of sp³-hybridized carbons (Fsp3) is 0.636. The highest BCUT2D eigenvalue weighted by Gasteiger charge is 2.01. The minimum Gasteiger partial charge on any atom is -0.481 e. The first-order chi connectivity index (χ1) is 13.7. The summed E-state index contributed by atoms with van der Waals surface area (Å²) in [5.74, 6) is -1.55. The molecular formula is C22H38O7. The normalized spacial score (nSPS) is 11.9. The fourth-order valence-corrected chi connectivity index (χ4v) is 1.99. The molecule has 0 amide bonds. The van der Waals surface area contributed by atoms with Gasteiger partial charge < -0.3 is 25.2 Å². The van der Waals surface area contributed by atoms with Crippen LogP contribution in [0, 0.1) is 0 Å². The van der Waals surface area contributed by atoms with Gasteiger partial charge in [0.1, 0.15) is 0 Å². The highest BCUT2D eigenvalue weighted by Crippen LogP contribution is 2.06. The molecule has 0 bridgehead atoms. The van der Waals surface area contributed by atoms with E-state index in [0.29, 0.717) is 18.6 Å². The van der Waals surface area contributed by atoms with Gasteiger partial charge in [-0.25, -0.2) is 4.79 Å². The van der Waals surface area contributed by atoms with E-state index < -0.39 is 18.0 Å². The number of carbonyl (C=O) groups is 2. The lowest BCUT2D eigenvalue weighted by molar-refractivity contribution is -0.137. The number of unbranched alkanes of at least 4 members (excludes halogenated alkanes) is 5. The van der Waals surface area contributed by atoms with Crippen molar-refractivity contribution < 1.29 is 34.8 Å². The first-order valence-electron chi connectivity index (χ1n) is 10.1. The Kier molecular flexibility index (Phi) is 20.9. The Morgan fingerprint density at radius 3 is 1.93 bits per heavy atom. The molecule has 0 aliphatic heterocycles. The third kappa shape index (κ3) is 24.0. The topological polar surface area (TPSA) is 124 Å². The van der Waals surface area contributed by atoms with Crippen molar-refractivity contribution in [3.63, 3.8) is 0 Å². The summed E-state index contributed by atoms with van der Waals surface area (Å²) < 4.78 is 4.95. The van der Waals surface area contributed by atoms with Crippen LogP contribution in [-0.2, 0) is 9.53 Å². The summed E-state index contributed by atoms with van der Waals surface area (Å²) in [6, 6.07) is 8.30. The zero-order valence-electron chi connectivity index (χ0n) is 17.9. The summed E-state index contributed by atoms with van der Waals surface area (Å²) in [5, 5.41) is 33.8. The van der Waals surface area contributed by atoms with Crippen molar-refractivity contribution in [1.29, 1.82) is 0 Å². The van der Waals surface area contributed by atoms with Crippen LogP contribution in [0.4, 0.5) is 0 Å². The molecule has 0 aliphatic rings. The molecule has 29 heavy (non-hydrogen) atoms. The second-order valence-corrected chi connectivity index (χ2v) is 6.76. The van der Waals surface area contributed by atoms with E-state index in [1.807, 2.05) is 0 Å². The van der Waals surface area contributed by atoms with Gasteiger partial charge in [-0.2, -0.15) is 0 Å². The van der Waals surface area contributed by atoms with Crippen molar-refractivity contribution in [3.05, 3.63) is 35.9 Å². The Labute approximate surface area is 174 Å². The number of aliphatic carboxylic acids is 1. The molecule has 0 saturated carbocycles. The van der Waals surface area contributed by atoms with Crippen molar-refractivity contribution in [2.45, 2.75) is 77.9 Å². The van der Waals surface area contributed by atoms with Crippen LogP contribution >= 0.6 is 0 Å². The molecule has 7 nitrogen and oxygen atoms in total. The highest BCUT2D eigenvalue weighted by molar-refractivity contribution is 5.87. The van der Waals surface area contributed by atoms with E-state index in [9.17, 15) is 9.59 Å². The number of ether oxygens (including phenoxy) is 1. The van der Waals surface area contributed by atoms with E-state index in [1.165, 1.54) is 25.7 Å². The van der Waals surface area contributed by atoms with Gasteiger partial charge in [-0.05, 0) is 32.4 Å². The van der Waals surface area contributed by atoms with Crippen LogP contribution in [-0.4, -0.2) is 57.8 Å². The van der Waals surface area contributed by atoms with Gasteiger partial charge in [0.25, 0.3) is 0 Å². The molecule has 0 aliphatic carbocycles. The van der Waals surface area contributed by atoms with Gasteiger partial charge in [-0.15, -0.1) is 0 Å². The Balaban J connectivity index is 0. The Bertz CT molecular complexity index is 503. The number of aromatic carboxylic acids is 1. The van der Waals surface area contributed by atoms with Gasteiger partial charge >= 0.3 is 11.9 Å². The summed E-state index contributed by atoms with van der Waals surface area (Å²) in [4.78, 5) is 20.3. The van der Waals surface area contributed by atoms with Gasteiger partial charge in [0.15, 0.2) is 0 Å². The molecule has 1 rings (SSSR count). The smallest absolute Gasteiger partial charge is 0.335 e. The third-order valence-electron chi connectivity index (χ3n) is 3.64.